The van der Waals surface area contributed by atoms with Gasteiger partial charge in [0.15, 0.2) is 11.6 Å². The van der Waals surface area contributed by atoms with Crippen molar-refractivity contribution in [2.75, 3.05) is 11.9 Å². The van der Waals surface area contributed by atoms with Crippen molar-refractivity contribution in [3.05, 3.63) is 35.9 Å². The van der Waals surface area contributed by atoms with Gasteiger partial charge in [0.05, 0.1) is 17.5 Å². The molecule has 0 aliphatic carbocycles. The summed E-state index contributed by atoms with van der Waals surface area (Å²) in [6.45, 7) is 0.0576. The van der Waals surface area contributed by atoms with Crippen LogP contribution in [0, 0.1) is 0 Å². The van der Waals surface area contributed by atoms with Gasteiger partial charge in [0.1, 0.15) is 12.1 Å². The largest absolute Gasteiger partial charge is 0.522 e. The summed E-state index contributed by atoms with van der Waals surface area (Å²) in [6, 6.07) is 3.31. The second-order valence-corrected chi connectivity index (χ2v) is 5.81. The highest BCUT2D eigenvalue weighted by atomic mass is 19.4. The van der Waals surface area contributed by atoms with Gasteiger partial charge in [-0.1, -0.05) is 0 Å². The Bertz CT molecular complexity index is 900. The number of hydrogen-bond donors (Lipinski definition) is 2. The molecule has 4 rings (SSSR count). The molecule has 8 nitrogen and oxygen atoms in total. The maximum atomic E-state index is 12.2. The number of nitrogens with one attached hydrogen (secondary N) is 2. The van der Waals surface area contributed by atoms with Gasteiger partial charge >= 0.3 is 6.36 Å². The van der Waals surface area contributed by atoms with Crippen molar-refractivity contribution in [2.45, 2.75) is 31.9 Å². The van der Waals surface area contributed by atoms with Crippen LogP contribution in [0.4, 0.5) is 24.8 Å². The highest BCUT2D eigenvalue weighted by Gasteiger charge is 2.29. The zero-order valence-corrected chi connectivity index (χ0v) is 13.5. The first-order valence-corrected chi connectivity index (χ1v) is 7.96. The topological polar surface area (TPSA) is 89.4 Å². The molecule has 1 aliphatic heterocycles. The molecule has 0 unspecified atom stereocenters. The fourth-order valence-corrected chi connectivity index (χ4v) is 2.81. The summed E-state index contributed by atoms with van der Waals surface area (Å²) >= 11 is 0. The molecule has 0 radical (unpaired) electrons. The maximum Gasteiger partial charge on any atom is 0.522 e. The van der Waals surface area contributed by atoms with Crippen LogP contribution in [0.2, 0.25) is 0 Å². The second kappa shape index (κ2) is 6.57. The number of hydrogen-bond acceptors (Lipinski definition) is 6. The van der Waals surface area contributed by atoms with Crippen LogP contribution in [-0.4, -0.2) is 37.8 Å². The van der Waals surface area contributed by atoms with Crippen molar-refractivity contribution in [2.24, 2.45) is 0 Å². The Morgan fingerprint density at radius 3 is 3.04 bits per heavy atom. The molecule has 3 aromatic heterocycles. The molecule has 1 atom stereocenters. The molecular formula is C15H15F3N6O2. The van der Waals surface area contributed by atoms with Gasteiger partial charge in [-0.25, -0.2) is 9.50 Å². The standard InChI is InChI=1S/C15H15F3N6O2/c16-15(17,18)26-8-9-6-11-14(19-3-4-24(11)23-9)20-13-7-10(21-22-13)12-2-1-5-25-12/h3-4,6-7,12H,1-2,5,8H2,(H2,19,20,21,22)/t12-/m0/s1. The quantitative estimate of drug-likeness (QED) is 0.719. The Labute approximate surface area is 145 Å². The fraction of sp³-hybridized carbons (Fsp3) is 0.400. The molecule has 0 aromatic carbocycles. The number of rotatable bonds is 5. The van der Waals surface area contributed by atoms with Crippen molar-refractivity contribution in [3.63, 3.8) is 0 Å². The van der Waals surface area contributed by atoms with Gasteiger partial charge in [0, 0.05) is 25.1 Å². The van der Waals surface area contributed by atoms with Gasteiger partial charge in [-0.05, 0) is 18.9 Å². The van der Waals surface area contributed by atoms with E-state index in [4.69, 9.17) is 4.74 Å². The van der Waals surface area contributed by atoms with Crippen molar-refractivity contribution in [3.8, 4) is 0 Å². The average molecular weight is 368 g/mol. The first kappa shape index (κ1) is 16.8. The molecule has 1 aliphatic rings. The van der Waals surface area contributed by atoms with Crippen LogP contribution in [-0.2, 0) is 16.1 Å². The zero-order chi connectivity index (χ0) is 18.1. The SMILES string of the molecule is FC(F)(F)OCc1cc2c(Nc3cc([C@@H]4CCCO4)[nH]n3)nccn2n1. The van der Waals surface area contributed by atoms with Gasteiger partial charge in [-0.3, -0.25) is 9.84 Å². The number of fused-ring (bicyclic) bond motifs is 1. The van der Waals surface area contributed by atoms with E-state index in [0.717, 1.165) is 25.1 Å². The highest BCUT2D eigenvalue weighted by molar-refractivity contribution is 5.72. The van der Waals surface area contributed by atoms with Crippen molar-refractivity contribution in [1.29, 1.82) is 0 Å². The van der Waals surface area contributed by atoms with E-state index in [0.29, 0.717) is 17.2 Å². The van der Waals surface area contributed by atoms with Crippen LogP contribution in [0.5, 0.6) is 0 Å². The lowest BCUT2D eigenvalue weighted by molar-refractivity contribution is -0.330. The zero-order valence-electron chi connectivity index (χ0n) is 13.5. The van der Waals surface area contributed by atoms with E-state index in [9.17, 15) is 13.2 Å². The van der Waals surface area contributed by atoms with Gasteiger partial charge in [-0.2, -0.15) is 10.2 Å². The van der Waals surface area contributed by atoms with E-state index in [1.807, 2.05) is 6.07 Å². The minimum absolute atomic E-state index is 0.00267. The summed E-state index contributed by atoms with van der Waals surface area (Å²) < 4.78 is 47.4. The van der Waals surface area contributed by atoms with Crippen LogP contribution >= 0.6 is 0 Å². The molecule has 138 valence electrons. The number of anilines is 2. The number of aromatic nitrogens is 5. The lowest BCUT2D eigenvalue weighted by atomic mass is 10.2. The maximum absolute atomic E-state index is 12.2. The lowest BCUT2D eigenvalue weighted by Gasteiger charge is -2.05. The lowest BCUT2D eigenvalue weighted by Crippen LogP contribution is -2.13. The molecule has 1 saturated heterocycles. The number of aromatic amines is 1. The predicted molar refractivity (Wildman–Crippen MR) is 83.6 cm³/mol. The van der Waals surface area contributed by atoms with E-state index < -0.39 is 13.0 Å². The monoisotopic (exact) mass is 368 g/mol. The molecule has 2 N–H and O–H groups in total. The van der Waals surface area contributed by atoms with E-state index in [1.54, 1.807) is 6.20 Å². The van der Waals surface area contributed by atoms with Gasteiger partial charge in [0.2, 0.25) is 0 Å². The first-order valence-electron chi connectivity index (χ1n) is 7.96. The van der Waals surface area contributed by atoms with E-state index in [1.165, 1.54) is 16.8 Å². The number of nitrogens with zero attached hydrogens (tertiary/aromatic N) is 4. The summed E-state index contributed by atoms with van der Waals surface area (Å²) in [6.07, 6.45) is 0.266. The molecule has 0 saturated carbocycles. The van der Waals surface area contributed by atoms with Crippen LogP contribution in [0.15, 0.2) is 24.5 Å². The Balaban J connectivity index is 1.53. The van der Waals surface area contributed by atoms with E-state index in [2.05, 4.69) is 30.3 Å². The number of halogens is 3. The Morgan fingerprint density at radius 2 is 2.27 bits per heavy atom. The molecule has 26 heavy (non-hydrogen) atoms. The summed E-state index contributed by atoms with van der Waals surface area (Å²) in [5.74, 6) is 0.953. The Hall–Kier alpha value is -2.66. The molecule has 0 amide bonds. The highest BCUT2D eigenvalue weighted by Crippen LogP contribution is 2.29. The number of ether oxygens (including phenoxy) is 2. The van der Waals surface area contributed by atoms with Crippen LogP contribution in [0.1, 0.15) is 30.3 Å². The number of alkyl halides is 3. The fourth-order valence-electron chi connectivity index (χ4n) is 2.81. The second-order valence-electron chi connectivity index (χ2n) is 5.81. The first-order chi connectivity index (χ1) is 12.5. The molecule has 11 heteroatoms. The normalized spacial score (nSPS) is 17.9. The minimum atomic E-state index is -4.71. The van der Waals surface area contributed by atoms with E-state index >= 15 is 0 Å². The summed E-state index contributed by atoms with van der Waals surface area (Å²) in [5, 5.41) is 14.2. The number of H-pyrrole nitrogens is 1. The summed E-state index contributed by atoms with van der Waals surface area (Å²) in [4.78, 5) is 4.21. The van der Waals surface area contributed by atoms with E-state index in [-0.39, 0.29) is 11.8 Å². The van der Waals surface area contributed by atoms with Crippen LogP contribution < -0.4 is 5.32 Å². The smallest absolute Gasteiger partial charge is 0.372 e. The van der Waals surface area contributed by atoms with Crippen LogP contribution in [0.25, 0.3) is 5.52 Å². The third-order valence-electron chi connectivity index (χ3n) is 3.94. The molecular weight excluding hydrogens is 353 g/mol. The predicted octanol–water partition coefficient (Wildman–Crippen LogP) is 3.08. The van der Waals surface area contributed by atoms with Crippen molar-refractivity contribution >= 4 is 17.2 Å². The molecule has 0 bridgehead atoms. The van der Waals surface area contributed by atoms with Crippen LogP contribution in [0.3, 0.4) is 0 Å². The Morgan fingerprint density at radius 1 is 1.38 bits per heavy atom. The minimum Gasteiger partial charge on any atom is -0.372 e. The average Bonchev–Trinajstić information content (AvgIpc) is 3.32. The molecule has 0 spiro atoms. The van der Waals surface area contributed by atoms with Gasteiger partial charge < -0.3 is 10.1 Å². The summed E-state index contributed by atoms with van der Waals surface area (Å²) in [5.41, 5.74) is 1.51. The molecule has 3 aromatic rings. The van der Waals surface area contributed by atoms with Gasteiger partial charge in [-0.15, -0.1) is 13.2 Å². The molecule has 4 heterocycles. The molecule has 1 fully saturated rings. The summed E-state index contributed by atoms with van der Waals surface area (Å²) in [7, 11) is 0. The van der Waals surface area contributed by atoms with Gasteiger partial charge in [0.25, 0.3) is 0 Å². The third kappa shape index (κ3) is 3.63. The van der Waals surface area contributed by atoms with Crippen molar-refractivity contribution < 1.29 is 22.6 Å². The third-order valence-corrected chi connectivity index (χ3v) is 3.94. The Kier molecular flexibility index (Phi) is 4.24. The van der Waals surface area contributed by atoms with Crippen molar-refractivity contribution in [1.82, 2.24) is 24.8 Å².